The van der Waals surface area contributed by atoms with E-state index in [-0.39, 0.29) is 30.9 Å². The Bertz CT molecular complexity index is 795. The number of fused-ring (bicyclic) bond motifs is 1. The Balaban J connectivity index is 1.64. The molecule has 3 rings (SSSR count). The third kappa shape index (κ3) is 4.25. The van der Waals surface area contributed by atoms with Gasteiger partial charge in [-0.05, 0) is 30.2 Å². The molecule has 0 saturated carbocycles. The molecule has 2 amide bonds. The van der Waals surface area contributed by atoms with Gasteiger partial charge < -0.3 is 10.1 Å². The topological polar surface area (TPSA) is 58.6 Å². The van der Waals surface area contributed by atoms with E-state index in [9.17, 15) is 9.59 Å². The minimum Gasteiger partial charge on any atom is -0.482 e. The summed E-state index contributed by atoms with van der Waals surface area (Å²) < 4.78 is 6.31. The lowest BCUT2D eigenvalue weighted by Crippen LogP contribution is -2.45. The number of hydrogen-bond donors (Lipinski definition) is 1. The fourth-order valence-corrected chi connectivity index (χ4v) is 3.35. The molecule has 0 fully saturated rings. The molecule has 1 unspecified atom stereocenters. The smallest absolute Gasteiger partial charge is 0.265 e. The van der Waals surface area contributed by atoms with Crippen molar-refractivity contribution in [3.8, 4) is 5.75 Å². The van der Waals surface area contributed by atoms with Crippen LogP contribution in [0.4, 0.5) is 5.69 Å². The van der Waals surface area contributed by atoms with Gasteiger partial charge in [-0.25, -0.2) is 0 Å². The molecular weight excluding hydrogens is 396 g/mol. The van der Waals surface area contributed by atoms with E-state index < -0.39 is 0 Å². The van der Waals surface area contributed by atoms with Crippen molar-refractivity contribution in [2.45, 2.75) is 19.3 Å². The zero-order chi connectivity index (χ0) is 18.5. The van der Waals surface area contributed by atoms with Crippen LogP contribution in [0.3, 0.4) is 0 Å². The number of carbonyl (C=O) groups excluding carboxylic acids is 2. The highest BCUT2D eigenvalue weighted by atomic mass is 79.9. The maximum atomic E-state index is 12.4. The van der Waals surface area contributed by atoms with Crippen LogP contribution in [0.1, 0.15) is 24.8 Å². The monoisotopic (exact) mass is 416 g/mol. The van der Waals surface area contributed by atoms with Gasteiger partial charge in [0.2, 0.25) is 5.91 Å². The van der Waals surface area contributed by atoms with Gasteiger partial charge in [-0.2, -0.15) is 0 Å². The number of ether oxygens (including phenoxy) is 1. The molecule has 6 heteroatoms. The van der Waals surface area contributed by atoms with Crippen LogP contribution in [0.2, 0.25) is 0 Å². The fourth-order valence-electron chi connectivity index (χ4n) is 3.01. The summed E-state index contributed by atoms with van der Waals surface area (Å²) >= 11 is 3.38. The summed E-state index contributed by atoms with van der Waals surface area (Å²) in [5.74, 6) is 0.458. The number of carbonyl (C=O) groups is 2. The molecule has 0 spiro atoms. The normalized spacial score (nSPS) is 14.4. The van der Waals surface area contributed by atoms with Crippen LogP contribution in [0.15, 0.2) is 53.0 Å². The van der Waals surface area contributed by atoms with Crippen molar-refractivity contribution in [1.82, 2.24) is 5.32 Å². The highest BCUT2D eigenvalue weighted by molar-refractivity contribution is 9.10. The van der Waals surface area contributed by atoms with E-state index in [1.807, 2.05) is 24.3 Å². The molecule has 0 bridgehead atoms. The molecule has 5 nitrogen and oxygen atoms in total. The molecular formula is C20H21BrN2O3. The second-order valence-corrected chi connectivity index (χ2v) is 7.12. The number of benzene rings is 2. The van der Waals surface area contributed by atoms with Gasteiger partial charge in [0.1, 0.15) is 12.3 Å². The highest BCUT2D eigenvalue weighted by Crippen LogP contribution is 2.34. The molecule has 1 N–H and O–H groups in total. The standard InChI is InChI=1S/C20H21BrN2O3/c1-2-14(15-6-4-3-5-7-15)11-22-19(24)12-23-17-9-8-16(21)10-18(17)26-13-20(23)25/h3-10,14H,2,11-13H2,1H3,(H,22,24). The van der Waals surface area contributed by atoms with E-state index in [1.165, 1.54) is 10.5 Å². The maximum absolute atomic E-state index is 12.4. The van der Waals surface area contributed by atoms with Gasteiger partial charge in [0.25, 0.3) is 5.91 Å². The lowest BCUT2D eigenvalue weighted by atomic mass is 9.96. The van der Waals surface area contributed by atoms with Crippen LogP contribution in [0, 0.1) is 0 Å². The number of amides is 2. The summed E-state index contributed by atoms with van der Waals surface area (Å²) in [6, 6.07) is 15.5. The summed E-state index contributed by atoms with van der Waals surface area (Å²) in [7, 11) is 0. The average molecular weight is 417 g/mol. The van der Waals surface area contributed by atoms with Gasteiger partial charge in [-0.3, -0.25) is 14.5 Å². The van der Waals surface area contributed by atoms with Crippen LogP contribution in [-0.4, -0.2) is 31.5 Å². The molecule has 2 aromatic rings. The Labute approximate surface area is 161 Å². The van der Waals surface area contributed by atoms with Crippen LogP contribution in [-0.2, 0) is 9.59 Å². The van der Waals surface area contributed by atoms with E-state index in [4.69, 9.17) is 4.74 Å². The molecule has 0 radical (unpaired) electrons. The van der Waals surface area contributed by atoms with Crippen molar-refractivity contribution < 1.29 is 14.3 Å². The average Bonchev–Trinajstić information content (AvgIpc) is 2.65. The predicted molar refractivity (Wildman–Crippen MR) is 104 cm³/mol. The minimum absolute atomic E-state index is 0.0119. The van der Waals surface area contributed by atoms with Crippen LogP contribution >= 0.6 is 15.9 Å². The summed E-state index contributed by atoms with van der Waals surface area (Å²) in [5, 5.41) is 2.96. The Morgan fingerprint density at radius 3 is 2.77 bits per heavy atom. The van der Waals surface area contributed by atoms with Crippen molar-refractivity contribution in [2.75, 3.05) is 24.6 Å². The Hall–Kier alpha value is -2.34. The third-order valence-electron chi connectivity index (χ3n) is 4.48. The first-order chi connectivity index (χ1) is 12.6. The SMILES string of the molecule is CCC(CNC(=O)CN1C(=O)COc2cc(Br)ccc21)c1ccccc1. The summed E-state index contributed by atoms with van der Waals surface area (Å²) in [6.45, 7) is 2.58. The third-order valence-corrected chi connectivity index (χ3v) is 4.97. The van der Waals surface area contributed by atoms with Crippen molar-refractivity contribution >= 4 is 33.4 Å². The number of anilines is 1. The summed E-state index contributed by atoms with van der Waals surface area (Å²) in [5.41, 5.74) is 1.82. The number of nitrogens with one attached hydrogen (secondary N) is 1. The number of hydrogen-bond acceptors (Lipinski definition) is 3. The van der Waals surface area contributed by atoms with Crippen molar-refractivity contribution in [1.29, 1.82) is 0 Å². The zero-order valence-corrected chi connectivity index (χ0v) is 16.2. The first-order valence-corrected chi connectivity index (χ1v) is 9.42. The van der Waals surface area contributed by atoms with E-state index in [1.54, 1.807) is 12.1 Å². The van der Waals surface area contributed by atoms with E-state index >= 15 is 0 Å². The molecule has 2 aromatic carbocycles. The summed E-state index contributed by atoms with van der Waals surface area (Å²) in [6.07, 6.45) is 0.928. The molecule has 1 heterocycles. The second-order valence-electron chi connectivity index (χ2n) is 6.20. The number of halogens is 1. The van der Waals surface area contributed by atoms with Crippen LogP contribution in [0.25, 0.3) is 0 Å². The van der Waals surface area contributed by atoms with Crippen molar-refractivity contribution in [3.05, 3.63) is 58.6 Å². The Morgan fingerprint density at radius 1 is 1.27 bits per heavy atom. The summed E-state index contributed by atoms with van der Waals surface area (Å²) in [4.78, 5) is 26.1. The maximum Gasteiger partial charge on any atom is 0.265 e. The number of rotatable bonds is 6. The predicted octanol–water partition coefficient (Wildman–Crippen LogP) is 3.48. The van der Waals surface area contributed by atoms with Gasteiger partial charge in [-0.1, -0.05) is 53.2 Å². The zero-order valence-electron chi connectivity index (χ0n) is 14.6. The minimum atomic E-state index is -0.218. The quantitative estimate of drug-likeness (QED) is 0.783. The van der Waals surface area contributed by atoms with Gasteiger partial charge in [-0.15, -0.1) is 0 Å². The fraction of sp³-hybridized carbons (Fsp3) is 0.300. The Morgan fingerprint density at radius 2 is 2.04 bits per heavy atom. The largest absolute Gasteiger partial charge is 0.482 e. The second kappa shape index (κ2) is 8.36. The van der Waals surface area contributed by atoms with Gasteiger partial charge >= 0.3 is 0 Å². The number of nitrogens with zero attached hydrogens (tertiary/aromatic N) is 1. The van der Waals surface area contributed by atoms with Crippen LogP contribution < -0.4 is 15.0 Å². The van der Waals surface area contributed by atoms with E-state index in [2.05, 4.69) is 40.3 Å². The first kappa shape index (κ1) is 18.5. The van der Waals surface area contributed by atoms with Gasteiger partial charge in [0, 0.05) is 16.9 Å². The Kier molecular flexibility index (Phi) is 5.93. The van der Waals surface area contributed by atoms with E-state index in [0.29, 0.717) is 18.0 Å². The molecule has 1 atom stereocenters. The lowest BCUT2D eigenvalue weighted by molar-refractivity contribution is -0.125. The highest BCUT2D eigenvalue weighted by Gasteiger charge is 2.27. The van der Waals surface area contributed by atoms with Crippen LogP contribution in [0.5, 0.6) is 5.75 Å². The molecule has 0 aliphatic carbocycles. The lowest BCUT2D eigenvalue weighted by Gasteiger charge is -2.29. The van der Waals surface area contributed by atoms with Gasteiger partial charge in [0.05, 0.1) is 5.69 Å². The van der Waals surface area contributed by atoms with Crippen molar-refractivity contribution in [3.63, 3.8) is 0 Å². The van der Waals surface area contributed by atoms with E-state index in [0.717, 1.165) is 10.9 Å². The molecule has 0 saturated heterocycles. The molecule has 1 aliphatic rings. The molecule has 26 heavy (non-hydrogen) atoms. The first-order valence-electron chi connectivity index (χ1n) is 8.63. The van der Waals surface area contributed by atoms with Crippen molar-refractivity contribution in [2.24, 2.45) is 0 Å². The molecule has 1 aliphatic heterocycles. The van der Waals surface area contributed by atoms with Gasteiger partial charge in [0.15, 0.2) is 6.61 Å². The molecule has 0 aromatic heterocycles. The molecule has 136 valence electrons.